The molecule has 0 heterocycles. The standard InChI is InChI=1S/C20H22N2O7/c1-20(2,3)29-19(25)21-15(18(23)24)12-28-16-11-7-10-14(17(16)22(26)27)13-8-5-4-6-9-13/h4-11,15H,12H2,1-3H3,(H,21,25)(H,23,24)/t15-/m0/s1. The first-order valence-corrected chi connectivity index (χ1v) is 8.76. The second-order valence-electron chi connectivity index (χ2n) is 7.12. The molecular formula is C20H22N2O7. The fourth-order valence-corrected chi connectivity index (χ4v) is 2.48. The van der Waals surface area contributed by atoms with Gasteiger partial charge in [0.2, 0.25) is 0 Å². The number of carbonyl (C=O) groups is 2. The molecule has 1 amide bonds. The molecule has 0 unspecified atom stereocenters. The second kappa shape index (κ2) is 9.05. The minimum absolute atomic E-state index is 0.103. The number of nitro benzene ring substituents is 1. The molecule has 2 N–H and O–H groups in total. The van der Waals surface area contributed by atoms with Crippen molar-refractivity contribution in [3.8, 4) is 16.9 Å². The largest absolute Gasteiger partial charge is 0.484 e. The Morgan fingerprint density at radius 1 is 1.14 bits per heavy atom. The summed E-state index contributed by atoms with van der Waals surface area (Å²) in [6.07, 6.45) is -0.930. The van der Waals surface area contributed by atoms with E-state index in [1.165, 1.54) is 6.07 Å². The normalized spacial score (nSPS) is 12.0. The van der Waals surface area contributed by atoms with Crippen molar-refractivity contribution in [3.63, 3.8) is 0 Å². The fourth-order valence-electron chi connectivity index (χ4n) is 2.48. The number of hydrogen-bond acceptors (Lipinski definition) is 6. The van der Waals surface area contributed by atoms with Gasteiger partial charge in [-0.05, 0) is 38.5 Å². The predicted molar refractivity (Wildman–Crippen MR) is 105 cm³/mol. The number of para-hydroxylation sites is 1. The maximum atomic E-state index is 11.8. The molecule has 0 fully saturated rings. The van der Waals surface area contributed by atoms with E-state index in [9.17, 15) is 24.8 Å². The number of hydrogen-bond donors (Lipinski definition) is 2. The molecule has 154 valence electrons. The van der Waals surface area contributed by atoms with E-state index in [0.29, 0.717) is 11.1 Å². The summed E-state index contributed by atoms with van der Waals surface area (Å²) in [5.74, 6) is -1.47. The smallest absolute Gasteiger partial charge is 0.408 e. The zero-order valence-electron chi connectivity index (χ0n) is 16.2. The maximum Gasteiger partial charge on any atom is 0.408 e. The van der Waals surface area contributed by atoms with Gasteiger partial charge < -0.3 is 19.9 Å². The van der Waals surface area contributed by atoms with Crippen molar-refractivity contribution in [2.75, 3.05) is 6.61 Å². The van der Waals surface area contributed by atoms with Gasteiger partial charge in [-0.15, -0.1) is 0 Å². The summed E-state index contributed by atoms with van der Waals surface area (Å²) in [6.45, 7) is 4.39. The molecule has 0 bridgehead atoms. The van der Waals surface area contributed by atoms with Crippen LogP contribution in [0.3, 0.4) is 0 Å². The van der Waals surface area contributed by atoms with Crippen molar-refractivity contribution in [3.05, 3.63) is 58.6 Å². The summed E-state index contributed by atoms with van der Waals surface area (Å²) in [4.78, 5) is 34.3. The third-order valence-electron chi connectivity index (χ3n) is 3.66. The number of carbonyl (C=O) groups excluding carboxylic acids is 1. The lowest BCUT2D eigenvalue weighted by Crippen LogP contribution is -2.46. The second-order valence-corrected chi connectivity index (χ2v) is 7.12. The van der Waals surface area contributed by atoms with Crippen molar-refractivity contribution in [1.29, 1.82) is 0 Å². The Bertz CT molecular complexity index is 891. The molecule has 9 heteroatoms. The summed E-state index contributed by atoms with van der Waals surface area (Å²) in [5, 5.41) is 23.2. The third-order valence-corrected chi connectivity index (χ3v) is 3.66. The van der Waals surface area contributed by atoms with Gasteiger partial charge in [0, 0.05) is 0 Å². The maximum absolute atomic E-state index is 11.8. The van der Waals surface area contributed by atoms with Crippen LogP contribution < -0.4 is 10.1 Å². The van der Waals surface area contributed by atoms with Crippen LogP contribution in [0.5, 0.6) is 5.75 Å². The van der Waals surface area contributed by atoms with E-state index < -0.39 is 35.2 Å². The summed E-state index contributed by atoms with van der Waals surface area (Å²) >= 11 is 0. The van der Waals surface area contributed by atoms with Crippen LogP contribution in [0.4, 0.5) is 10.5 Å². The lowest BCUT2D eigenvalue weighted by atomic mass is 10.0. The van der Waals surface area contributed by atoms with Crippen molar-refractivity contribution in [2.24, 2.45) is 0 Å². The Labute approximate surface area is 167 Å². The molecule has 2 aromatic rings. The molecule has 29 heavy (non-hydrogen) atoms. The molecule has 0 aromatic heterocycles. The molecule has 0 aliphatic rings. The summed E-state index contributed by atoms with van der Waals surface area (Å²) < 4.78 is 10.5. The van der Waals surface area contributed by atoms with Gasteiger partial charge in [-0.1, -0.05) is 36.4 Å². The minimum atomic E-state index is -1.45. The number of nitro groups is 1. The van der Waals surface area contributed by atoms with Gasteiger partial charge in [-0.25, -0.2) is 9.59 Å². The topological polar surface area (TPSA) is 128 Å². The van der Waals surface area contributed by atoms with Crippen molar-refractivity contribution in [2.45, 2.75) is 32.4 Å². The van der Waals surface area contributed by atoms with E-state index in [0.717, 1.165) is 0 Å². The number of nitrogens with zero attached hydrogens (tertiary/aromatic N) is 1. The number of amides is 1. The first-order chi connectivity index (χ1) is 13.6. The van der Waals surface area contributed by atoms with Gasteiger partial charge >= 0.3 is 17.7 Å². The molecule has 0 saturated heterocycles. The number of carboxylic acids is 1. The van der Waals surface area contributed by atoms with Crippen molar-refractivity contribution < 1.29 is 29.1 Å². The number of nitrogens with one attached hydrogen (secondary N) is 1. The minimum Gasteiger partial charge on any atom is -0.484 e. The van der Waals surface area contributed by atoms with E-state index in [1.54, 1.807) is 63.2 Å². The van der Waals surface area contributed by atoms with E-state index in [-0.39, 0.29) is 11.4 Å². The molecule has 0 saturated carbocycles. The first-order valence-electron chi connectivity index (χ1n) is 8.76. The molecule has 0 radical (unpaired) electrons. The predicted octanol–water partition coefficient (Wildman–Crippen LogP) is 3.62. The van der Waals surface area contributed by atoms with E-state index in [2.05, 4.69) is 5.32 Å². The zero-order valence-corrected chi connectivity index (χ0v) is 16.2. The molecular weight excluding hydrogens is 380 g/mol. The van der Waals surface area contributed by atoms with Gasteiger partial charge in [-0.2, -0.15) is 0 Å². The van der Waals surface area contributed by atoms with E-state index in [4.69, 9.17) is 9.47 Å². The molecule has 0 aliphatic carbocycles. The van der Waals surface area contributed by atoms with Crippen LogP contribution in [0.2, 0.25) is 0 Å². The Morgan fingerprint density at radius 3 is 2.34 bits per heavy atom. The van der Waals surface area contributed by atoms with Gasteiger partial charge in [0.05, 0.1) is 10.5 Å². The van der Waals surface area contributed by atoms with Crippen molar-refractivity contribution >= 4 is 17.7 Å². The average Bonchev–Trinajstić information content (AvgIpc) is 2.63. The number of ether oxygens (including phenoxy) is 2. The van der Waals surface area contributed by atoms with Crippen LogP contribution in [0.25, 0.3) is 11.1 Å². The van der Waals surface area contributed by atoms with Crippen LogP contribution in [-0.2, 0) is 9.53 Å². The highest BCUT2D eigenvalue weighted by Crippen LogP contribution is 2.37. The van der Waals surface area contributed by atoms with Gasteiger partial charge in [0.25, 0.3) is 0 Å². The molecule has 2 aromatic carbocycles. The number of benzene rings is 2. The highest BCUT2D eigenvalue weighted by Gasteiger charge is 2.27. The van der Waals surface area contributed by atoms with Crippen LogP contribution in [0.1, 0.15) is 20.8 Å². The fraction of sp³-hybridized carbons (Fsp3) is 0.300. The van der Waals surface area contributed by atoms with Crippen LogP contribution >= 0.6 is 0 Å². The van der Waals surface area contributed by atoms with Crippen LogP contribution in [-0.4, -0.2) is 40.3 Å². The summed E-state index contributed by atoms with van der Waals surface area (Å²) in [5.41, 5.74) is -0.150. The third kappa shape index (κ3) is 6.20. The van der Waals surface area contributed by atoms with Crippen LogP contribution in [0.15, 0.2) is 48.5 Å². The lowest BCUT2D eigenvalue weighted by Gasteiger charge is -2.22. The zero-order chi connectivity index (χ0) is 21.6. The molecule has 9 nitrogen and oxygen atoms in total. The first kappa shape index (κ1) is 21.7. The summed E-state index contributed by atoms with van der Waals surface area (Å²) in [7, 11) is 0. The molecule has 0 aliphatic heterocycles. The van der Waals surface area contributed by atoms with Crippen molar-refractivity contribution in [1.82, 2.24) is 5.32 Å². The lowest BCUT2D eigenvalue weighted by molar-refractivity contribution is -0.385. The van der Waals surface area contributed by atoms with E-state index in [1.807, 2.05) is 0 Å². The highest BCUT2D eigenvalue weighted by molar-refractivity contribution is 5.80. The Hall–Kier alpha value is -3.62. The molecule has 0 spiro atoms. The van der Waals surface area contributed by atoms with Gasteiger partial charge in [0.15, 0.2) is 11.8 Å². The quantitative estimate of drug-likeness (QED) is 0.535. The van der Waals surface area contributed by atoms with Crippen LogP contribution in [0, 0.1) is 10.1 Å². The molecule has 1 atom stereocenters. The SMILES string of the molecule is CC(C)(C)OC(=O)N[C@@H](COc1cccc(-c2ccccc2)c1[N+](=O)[O-])C(=O)O. The Kier molecular flexibility index (Phi) is 6.76. The van der Waals surface area contributed by atoms with Gasteiger partial charge in [0.1, 0.15) is 12.2 Å². The Balaban J connectivity index is 2.23. The molecule has 2 rings (SSSR count). The number of alkyl carbamates (subject to hydrolysis) is 1. The highest BCUT2D eigenvalue weighted by atomic mass is 16.6. The summed E-state index contributed by atoms with van der Waals surface area (Å²) in [6, 6.07) is 11.8. The average molecular weight is 402 g/mol. The number of carboxylic acid groups (broad SMARTS) is 1. The number of rotatable bonds is 7. The van der Waals surface area contributed by atoms with E-state index >= 15 is 0 Å². The monoisotopic (exact) mass is 402 g/mol. The Morgan fingerprint density at radius 2 is 1.79 bits per heavy atom. The van der Waals surface area contributed by atoms with Gasteiger partial charge in [-0.3, -0.25) is 10.1 Å². The number of aliphatic carboxylic acids is 1.